The van der Waals surface area contributed by atoms with Crippen LogP contribution in [0, 0.1) is 0 Å². The van der Waals surface area contributed by atoms with Gasteiger partial charge in [-0.15, -0.1) is 0 Å². The van der Waals surface area contributed by atoms with E-state index in [-0.39, 0.29) is 23.6 Å². The lowest BCUT2D eigenvalue weighted by atomic mass is 9.97. The summed E-state index contributed by atoms with van der Waals surface area (Å²) in [7, 11) is 0. The number of hydrogen-bond acceptors (Lipinski definition) is 7. The van der Waals surface area contributed by atoms with Crippen molar-refractivity contribution in [1.29, 1.82) is 0 Å². The fourth-order valence-corrected chi connectivity index (χ4v) is 2.81. The van der Waals surface area contributed by atoms with E-state index in [2.05, 4.69) is 26.3 Å². The number of nitrogens with one attached hydrogen (secondary N) is 1. The molecule has 0 saturated carbocycles. The molecule has 8 heteroatoms. The van der Waals surface area contributed by atoms with Gasteiger partial charge in [0.15, 0.2) is 5.16 Å². The van der Waals surface area contributed by atoms with E-state index in [0.29, 0.717) is 11.7 Å². The van der Waals surface area contributed by atoms with Crippen LogP contribution in [0.1, 0.15) is 32.1 Å². The Kier molecular flexibility index (Phi) is 5.79. The average molecular weight is 308 g/mol. The van der Waals surface area contributed by atoms with Crippen LogP contribution in [0.5, 0.6) is 0 Å². The first kappa shape index (κ1) is 15.6. The van der Waals surface area contributed by atoms with Crippen molar-refractivity contribution >= 4 is 29.6 Å². The molecule has 7 nitrogen and oxygen atoms in total. The number of amides is 1. The number of carbonyl (C=O) groups is 1. The maximum Gasteiger partial charge on any atom is 0.230 e. The minimum atomic E-state index is -0.0473. The molecule has 5 N–H and O–H groups in total. The fraction of sp³-hybridized carbons (Fsp3) is 0.538. The van der Waals surface area contributed by atoms with Crippen LogP contribution in [0.3, 0.4) is 0 Å². The zero-order chi connectivity index (χ0) is 15.1. The zero-order valence-corrected chi connectivity index (χ0v) is 12.7. The van der Waals surface area contributed by atoms with Crippen LogP contribution in [-0.2, 0) is 4.79 Å². The van der Waals surface area contributed by atoms with Crippen LogP contribution >= 0.6 is 11.8 Å². The summed E-state index contributed by atoms with van der Waals surface area (Å²) in [6.45, 7) is 0.673. The van der Waals surface area contributed by atoms with E-state index in [0.717, 1.165) is 12.8 Å². The quantitative estimate of drug-likeness (QED) is 0.532. The number of nitrogens with zero attached hydrogens (tertiary/aromatic N) is 3. The van der Waals surface area contributed by atoms with Crippen LogP contribution in [0.15, 0.2) is 16.8 Å². The van der Waals surface area contributed by atoms with Crippen LogP contribution in [0.25, 0.3) is 0 Å². The largest absolute Gasteiger partial charge is 0.368 e. The van der Waals surface area contributed by atoms with Crippen molar-refractivity contribution in [3.8, 4) is 0 Å². The van der Waals surface area contributed by atoms with E-state index in [4.69, 9.17) is 11.5 Å². The molecule has 0 aromatic carbocycles. The van der Waals surface area contributed by atoms with Crippen molar-refractivity contribution in [3.05, 3.63) is 11.6 Å². The van der Waals surface area contributed by atoms with Gasteiger partial charge >= 0.3 is 0 Å². The topological polar surface area (TPSA) is 120 Å². The summed E-state index contributed by atoms with van der Waals surface area (Å²) >= 11 is 1.19. The van der Waals surface area contributed by atoms with Crippen molar-refractivity contribution in [2.24, 2.45) is 0 Å². The van der Waals surface area contributed by atoms with Gasteiger partial charge in [-0.1, -0.05) is 23.4 Å². The monoisotopic (exact) mass is 308 g/mol. The molecule has 1 amide bonds. The molecule has 0 aliphatic heterocycles. The lowest BCUT2D eigenvalue weighted by molar-refractivity contribution is -0.118. The molecule has 0 saturated heterocycles. The summed E-state index contributed by atoms with van der Waals surface area (Å²) in [6, 6.07) is 0. The molecular formula is C13H20N6OS. The second-order valence-electron chi connectivity index (χ2n) is 4.83. The van der Waals surface area contributed by atoms with Crippen LogP contribution in [-0.4, -0.2) is 33.2 Å². The first-order valence-electron chi connectivity index (χ1n) is 6.98. The molecule has 1 aromatic rings. The highest BCUT2D eigenvalue weighted by atomic mass is 32.2. The molecule has 1 aromatic heterocycles. The molecule has 0 fully saturated rings. The molecule has 0 unspecified atom stereocenters. The number of hydrogen-bond donors (Lipinski definition) is 3. The summed E-state index contributed by atoms with van der Waals surface area (Å²) in [6.07, 6.45) is 8.10. The number of carbonyl (C=O) groups excluding carboxylic acids is 1. The van der Waals surface area contributed by atoms with E-state index in [9.17, 15) is 4.79 Å². The summed E-state index contributed by atoms with van der Waals surface area (Å²) in [4.78, 5) is 23.2. The van der Waals surface area contributed by atoms with Gasteiger partial charge in [0.2, 0.25) is 17.8 Å². The van der Waals surface area contributed by atoms with Crippen LogP contribution in [0.2, 0.25) is 0 Å². The van der Waals surface area contributed by atoms with Gasteiger partial charge in [0.25, 0.3) is 0 Å². The Labute approximate surface area is 128 Å². The maximum absolute atomic E-state index is 11.7. The summed E-state index contributed by atoms with van der Waals surface area (Å²) in [5.41, 5.74) is 12.4. The highest BCUT2D eigenvalue weighted by molar-refractivity contribution is 7.99. The number of thioether (sulfide) groups is 1. The highest BCUT2D eigenvalue weighted by Crippen LogP contribution is 2.19. The third kappa shape index (κ3) is 5.58. The van der Waals surface area contributed by atoms with Crippen molar-refractivity contribution in [3.63, 3.8) is 0 Å². The Morgan fingerprint density at radius 3 is 2.67 bits per heavy atom. The smallest absolute Gasteiger partial charge is 0.230 e. The minimum Gasteiger partial charge on any atom is -0.368 e. The normalized spacial score (nSPS) is 14.6. The Hall–Kier alpha value is -1.83. The molecule has 114 valence electrons. The molecule has 1 aliphatic rings. The Morgan fingerprint density at radius 1 is 1.24 bits per heavy atom. The Balaban J connectivity index is 1.68. The van der Waals surface area contributed by atoms with Gasteiger partial charge < -0.3 is 16.8 Å². The van der Waals surface area contributed by atoms with Gasteiger partial charge in [-0.3, -0.25) is 4.79 Å². The number of rotatable bonds is 6. The molecule has 21 heavy (non-hydrogen) atoms. The SMILES string of the molecule is Nc1nc(N)nc(SCC(=O)NCCC2=CCCCC2)n1. The van der Waals surface area contributed by atoms with E-state index >= 15 is 0 Å². The van der Waals surface area contributed by atoms with Gasteiger partial charge in [-0.25, -0.2) is 0 Å². The molecule has 1 aliphatic carbocycles. The first-order chi connectivity index (χ1) is 10.1. The molecule has 1 heterocycles. The highest BCUT2D eigenvalue weighted by Gasteiger charge is 2.08. The Bertz CT molecular complexity index is 513. The van der Waals surface area contributed by atoms with E-state index in [1.807, 2.05) is 0 Å². The molecule has 2 rings (SSSR count). The van der Waals surface area contributed by atoms with Crippen molar-refractivity contribution in [2.45, 2.75) is 37.3 Å². The first-order valence-corrected chi connectivity index (χ1v) is 7.96. The fourth-order valence-electron chi connectivity index (χ4n) is 2.13. The number of nitrogens with two attached hydrogens (primary N) is 2. The predicted octanol–water partition coefficient (Wildman–Crippen LogP) is 1.13. The molecule has 0 bridgehead atoms. The van der Waals surface area contributed by atoms with Gasteiger partial charge in [-0.2, -0.15) is 15.0 Å². The van der Waals surface area contributed by atoms with Gasteiger partial charge in [0.05, 0.1) is 5.75 Å². The molecule has 0 spiro atoms. The van der Waals surface area contributed by atoms with E-state index in [1.165, 1.54) is 36.6 Å². The minimum absolute atomic E-state index is 0.0473. The van der Waals surface area contributed by atoms with Crippen LogP contribution in [0.4, 0.5) is 11.9 Å². The maximum atomic E-state index is 11.7. The van der Waals surface area contributed by atoms with Crippen LogP contribution < -0.4 is 16.8 Å². The molecule has 0 radical (unpaired) electrons. The standard InChI is InChI=1S/C13H20N6OS/c14-11-17-12(15)19-13(18-11)21-8-10(20)16-7-6-9-4-2-1-3-5-9/h4H,1-3,5-8H2,(H,16,20)(H4,14,15,17,18,19). The third-order valence-corrected chi connectivity index (χ3v) is 3.98. The summed E-state index contributed by atoms with van der Waals surface area (Å²) < 4.78 is 0. The van der Waals surface area contributed by atoms with Crippen molar-refractivity contribution in [2.75, 3.05) is 23.8 Å². The third-order valence-electron chi connectivity index (χ3n) is 3.14. The van der Waals surface area contributed by atoms with E-state index < -0.39 is 0 Å². The van der Waals surface area contributed by atoms with Gasteiger partial charge in [0, 0.05) is 6.54 Å². The summed E-state index contributed by atoms with van der Waals surface area (Å²) in [5, 5.41) is 3.26. The van der Waals surface area contributed by atoms with Crippen molar-refractivity contribution in [1.82, 2.24) is 20.3 Å². The average Bonchev–Trinajstić information content (AvgIpc) is 2.45. The number of nitrogen functional groups attached to an aromatic ring is 2. The number of anilines is 2. The molecule has 0 atom stereocenters. The predicted molar refractivity (Wildman–Crippen MR) is 83.6 cm³/mol. The molecular weight excluding hydrogens is 288 g/mol. The second kappa shape index (κ2) is 7.82. The lowest BCUT2D eigenvalue weighted by Gasteiger charge is -2.12. The number of allylic oxidation sites excluding steroid dienone is 1. The van der Waals surface area contributed by atoms with E-state index in [1.54, 1.807) is 0 Å². The van der Waals surface area contributed by atoms with Gasteiger partial charge in [0.1, 0.15) is 0 Å². The summed E-state index contributed by atoms with van der Waals surface area (Å²) in [5.74, 6) is 0.320. The number of aromatic nitrogens is 3. The van der Waals surface area contributed by atoms with Gasteiger partial charge in [-0.05, 0) is 32.1 Å². The zero-order valence-electron chi connectivity index (χ0n) is 11.8. The Morgan fingerprint density at radius 2 is 2.00 bits per heavy atom. The lowest BCUT2D eigenvalue weighted by Crippen LogP contribution is -2.26. The second-order valence-corrected chi connectivity index (χ2v) is 5.77. The van der Waals surface area contributed by atoms with Crippen molar-refractivity contribution < 1.29 is 4.79 Å².